The van der Waals surface area contributed by atoms with Crippen LogP contribution >= 0.6 is 35.3 Å². The van der Waals surface area contributed by atoms with E-state index in [-0.39, 0.29) is 24.0 Å². The minimum Gasteiger partial charge on any atom is -0.477 e. The third-order valence-electron chi connectivity index (χ3n) is 4.12. The minimum atomic E-state index is -4.40. The number of thiazole rings is 1. The van der Waals surface area contributed by atoms with Gasteiger partial charge < -0.3 is 15.4 Å². The maximum Gasteiger partial charge on any atom is 0.434 e. The number of hydrogen-bond acceptors (Lipinski definition) is 5. The summed E-state index contributed by atoms with van der Waals surface area (Å²) in [6, 6.07) is 3.78. The number of halogens is 4. The second-order valence-corrected chi connectivity index (χ2v) is 7.43. The number of pyridine rings is 1. The summed E-state index contributed by atoms with van der Waals surface area (Å²) >= 11 is 1.01. The van der Waals surface area contributed by atoms with E-state index in [4.69, 9.17) is 4.74 Å². The second kappa shape index (κ2) is 11.0. The van der Waals surface area contributed by atoms with Gasteiger partial charge in [-0.05, 0) is 24.3 Å². The van der Waals surface area contributed by atoms with Crippen molar-refractivity contribution in [3.8, 4) is 5.88 Å². The lowest BCUT2D eigenvalue weighted by Crippen LogP contribution is -2.37. The van der Waals surface area contributed by atoms with Crippen LogP contribution in [0.25, 0.3) is 0 Å². The fourth-order valence-corrected chi connectivity index (χ4v) is 3.14. The Kier molecular flexibility index (Phi) is 8.93. The molecule has 2 N–H and O–H groups in total. The van der Waals surface area contributed by atoms with Crippen molar-refractivity contribution in [2.24, 2.45) is 10.9 Å². The Morgan fingerprint density at radius 2 is 2.10 bits per heavy atom. The quantitative estimate of drug-likeness (QED) is 0.302. The number of ether oxygens (including phenoxy) is 1. The summed E-state index contributed by atoms with van der Waals surface area (Å²) in [7, 11) is 1.63. The first kappa shape index (κ1) is 23.6. The Labute approximate surface area is 188 Å². The van der Waals surface area contributed by atoms with E-state index in [2.05, 4.69) is 25.6 Å². The summed E-state index contributed by atoms with van der Waals surface area (Å²) in [5.41, 5.74) is 0.128. The van der Waals surface area contributed by atoms with E-state index in [1.165, 1.54) is 12.8 Å². The molecule has 6 nitrogen and oxygen atoms in total. The molecule has 160 valence electrons. The summed E-state index contributed by atoms with van der Waals surface area (Å²) < 4.78 is 43.3. The molecule has 11 heteroatoms. The molecule has 0 spiro atoms. The molecule has 0 bridgehead atoms. The molecule has 0 radical (unpaired) electrons. The summed E-state index contributed by atoms with van der Waals surface area (Å²) in [6.45, 7) is 1.67. The number of guanidine groups is 1. The third-order valence-corrected chi connectivity index (χ3v) is 5.03. The van der Waals surface area contributed by atoms with E-state index >= 15 is 0 Å². The Balaban J connectivity index is 0.00000300. The molecule has 0 saturated heterocycles. The van der Waals surface area contributed by atoms with Gasteiger partial charge in [0, 0.05) is 44.2 Å². The van der Waals surface area contributed by atoms with Crippen molar-refractivity contribution in [3.05, 3.63) is 40.0 Å². The highest BCUT2D eigenvalue weighted by Gasteiger charge is 2.33. The number of aliphatic imine (C=N–C) groups is 1. The van der Waals surface area contributed by atoms with Gasteiger partial charge in [-0.3, -0.25) is 4.99 Å². The summed E-state index contributed by atoms with van der Waals surface area (Å²) in [5, 5.41) is 7.68. The van der Waals surface area contributed by atoms with Crippen LogP contribution in [0.4, 0.5) is 13.2 Å². The van der Waals surface area contributed by atoms with Crippen LogP contribution in [-0.2, 0) is 19.1 Å². The zero-order chi connectivity index (χ0) is 20.0. The van der Waals surface area contributed by atoms with Crippen LogP contribution in [0.3, 0.4) is 0 Å². The largest absolute Gasteiger partial charge is 0.477 e. The normalized spacial score (nSPS) is 14.3. The van der Waals surface area contributed by atoms with Gasteiger partial charge >= 0.3 is 6.18 Å². The molecule has 2 aromatic heterocycles. The highest BCUT2D eigenvalue weighted by atomic mass is 127. The van der Waals surface area contributed by atoms with Crippen LogP contribution in [0, 0.1) is 5.92 Å². The summed E-state index contributed by atoms with van der Waals surface area (Å²) in [5.74, 6) is 1.86. The van der Waals surface area contributed by atoms with Crippen molar-refractivity contribution in [1.29, 1.82) is 0 Å². The molecule has 0 unspecified atom stereocenters. The first-order valence-electron chi connectivity index (χ1n) is 8.98. The third kappa shape index (κ3) is 7.96. The topological polar surface area (TPSA) is 71.4 Å². The van der Waals surface area contributed by atoms with E-state index < -0.39 is 11.9 Å². The second-order valence-electron chi connectivity index (χ2n) is 6.49. The monoisotopic (exact) mass is 541 g/mol. The lowest BCUT2D eigenvalue weighted by molar-refractivity contribution is -0.140. The van der Waals surface area contributed by atoms with Crippen molar-refractivity contribution in [1.82, 2.24) is 20.6 Å². The molecular weight excluding hydrogens is 518 g/mol. The molecule has 1 aliphatic rings. The molecule has 1 saturated carbocycles. The van der Waals surface area contributed by atoms with Crippen molar-refractivity contribution in [2.45, 2.75) is 32.0 Å². The number of nitrogens with zero attached hydrogens (tertiary/aromatic N) is 3. The van der Waals surface area contributed by atoms with Crippen molar-refractivity contribution in [3.63, 3.8) is 0 Å². The van der Waals surface area contributed by atoms with Gasteiger partial charge in [0.1, 0.15) is 0 Å². The summed E-state index contributed by atoms with van der Waals surface area (Å²) in [4.78, 5) is 12.0. The van der Waals surface area contributed by atoms with Crippen molar-refractivity contribution < 1.29 is 17.9 Å². The fourth-order valence-electron chi connectivity index (χ4n) is 2.34. The van der Waals surface area contributed by atoms with E-state index in [9.17, 15) is 13.2 Å². The highest BCUT2D eigenvalue weighted by Crippen LogP contribution is 2.30. The molecule has 0 aliphatic heterocycles. The number of nitrogens with one attached hydrogen (secondary N) is 2. The Morgan fingerprint density at radius 1 is 1.31 bits per heavy atom. The van der Waals surface area contributed by atoms with Gasteiger partial charge in [0.25, 0.3) is 0 Å². The highest BCUT2D eigenvalue weighted by molar-refractivity contribution is 14.0. The minimum absolute atomic E-state index is 0. The van der Waals surface area contributed by atoms with Crippen molar-refractivity contribution in [2.75, 3.05) is 20.2 Å². The Hall–Kier alpha value is -1.63. The Morgan fingerprint density at radius 3 is 2.69 bits per heavy atom. The molecule has 0 atom stereocenters. The molecule has 2 aromatic rings. The van der Waals surface area contributed by atoms with Crippen molar-refractivity contribution >= 4 is 41.3 Å². The van der Waals surface area contributed by atoms with Crippen LogP contribution in [0.15, 0.2) is 28.7 Å². The molecule has 2 heterocycles. The van der Waals surface area contributed by atoms with Gasteiger partial charge in [-0.2, -0.15) is 13.2 Å². The maximum absolute atomic E-state index is 12.6. The smallest absolute Gasteiger partial charge is 0.434 e. The average Bonchev–Trinajstić information content (AvgIpc) is 3.38. The van der Waals surface area contributed by atoms with Crippen LogP contribution in [0.1, 0.15) is 29.1 Å². The zero-order valence-electron chi connectivity index (χ0n) is 15.8. The SMILES string of the molecule is CN=C(NCCc1nc(C(F)(F)F)cs1)NCc1ccc(OCC2CC2)nc1.I. The zero-order valence-corrected chi connectivity index (χ0v) is 19.0. The lowest BCUT2D eigenvalue weighted by Gasteiger charge is -2.11. The molecule has 1 aliphatic carbocycles. The number of rotatable bonds is 8. The fraction of sp³-hybridized carbons (Fsp3) is 0.500. The van der Waals surface area contributed by atoms with Crippen LogP contribution in [0.2, 0.25) is 0 Å². The molecule has 29 heavy (non-hydrogen) atoms. The van der Waals surface area contributed by atoms with Gasteiger partial charge in [-0.25, -0.2) is 9.97 Å². The predicted molar refractivity (Wildman–Crippen MR) is 117 cm³/mol. The van der Waals surface area contributed by atoms with Gasteiger partial charge in [-0.1, -0.05) is 6.07 Å². The number of aromatic nitrogens is 2. The van der Waals surface area contributed by atoms with Gasteiger partial charge in [-0.15, -0.1) is 35.3 Å². The van der Waals surface area contributed by atoms with Crippen LogP contribution < -0.4 is 15.4 Å². The molecule has 0 aromatic carbocycles. The van der Waals surface area contributed by atoms with Crippen LogP contribution in [0.5, 0.6) is 5.88 Å². The molecule has 1 fully saturated rings. The first-order chi connectivity index (χ1) is 13.4. The summed E-state index contributed by atoms with van der Waals surface area (Å²) in [6.07, 6.45) is 0.208. The van der Waals surface area contributed by atoms with Gasteiger partial charge in [0.2, 0.25) is 5.88 Å². The predicted octanol–water partition coefficient (Wildman–Crippen LogP) is 3.87. The molecule has 3 rings (SSSR count). The first-order valence-corrected chi connectivity index (χ1v) is 9.86. The maximum atomic E-state index is 12.6. The van der Waals surface area contributed by atoms with Crippen LogP contribution in [-0.4, -0.2) is 36.1 Å². The molecule has 0 amide bonds. The van der Waals surface area contributed by atoms with E-state index in [1.54, 1.807) is 13.2 Å². The number of alkyl halides is 3. The van der Waals surface area contributed by atoms with E-state index in [1.807, 2.05) is 12.1 Å². The molecular formula is C18H23F3IN5OS. The van der Waals surface area contributed by atoms with Gasteiger partial charge in [0.05, 0.1) is 11.6 Å². The number of hydrogen-bond donors (Lipinski definition) is 2. The van der Waals surface area contributed by atoms with E-state index in [0.717, 1.165) is 28.9 Å². The standard InChI is InChI=1S/C18H22F3N5OS.HI/c1-22-17(23-7-6-16-26-14(11-28-16)18(19,20)21)25-9-13-4-5-15(24-8-13)27-10-12-2-3-12;/h4-5,8,11-12H,2-3,6-7,9-10H2,1H3,(H2,22,23,25);1H. The van der Waals surface area contributed by atoms with Gasteiger partial charge in [0.15, 0.2) is 11.7 Å². The Bertz CT molecular complexity index is 794. The van der Waals surface area contributed by atoms with E-state index in [0.29, 0.717) is 42.3 Å². The lowest BCUT2D eigenvalue weighted by atomic mass is 10.3. The average molecular weight is 541 g/mol.